The summed E-state index contributed by atoms with van der Waals surface area (Å²) in [6, 6.07) is 0.664. The average Bonchev–Trinajstić information content (AvgIpc) is 2.38. The lowest BCUT2D eigenvalue weighted by Gasteiger charge is -2.35. The highest BCUT2D eigenvalue weighted by Gasteiger charge is 2.22. The first kappa shape index (κ1) is 14.2. The summed E-state index contributed by atoms with van der Waals surface area (Å²) in [4.78, 5) is 13.5. The van der Waals surface area contributed by atoms with E-state index >= 15 is 0 Å². The maximum absolute atomic E-state index is 5.78. The Labute approximate surface area is 115 Å². The molecule has 2 atom stereocenters. The molecule has 1 aromatic rings. The minimum atomic E-state index is 0.152. The van der Waals surface area contributed by atoms with Gasteiger partial charge >= 0.3 is 0 Å². The number of hydrogen-bond donors (Lipinski definition) is 1. The molecule has 2 rings (SSSR count). The van der Waals surface area contributed by atoms with Crippen molar-refractivity contribution in [2.24, 2.45) is 5.73 Å². The number of nitrogens with two attached hydrogens (primary N) is 1. The zero-order chi connectivity index (χ0) is 13.8. The number of rotatable bonds is 4. The molecule has 0 aliphatic carbocycles. The van der Waals surface area contributed by atoms with Crippen LogP contribution in [-0.2, 0) is 6.42 Å². The highest BCUT2D eigenvalue weighted by Crippen LogP contribution is 2.17. The van der Waals surface area contributed by atoms with Gasteiger partial charge in [0.05, 0.1) is 0 Å². The molecule has 1 aliphatic heterocycles. The van der Waals surface area contributed by atoms with E-state index in [1.807, 2.05) is 19.3 Å². The summed E-state index contributed by atoms with van der Waals surface area (Å²) >= 11 is 0. The Bertz CT molecular complexity index is 389. The van der Waals surface area contributed by atoms with Crippen molar-refractivity contribution in [3.8, 4) is 0 Å². The predicted octanol–water partition coefficient (Wildman–Crippen LogP) is 0.897. The van der Waals surface area contributed by atoms with E-state index < -0.39 is 0 Å². The Morgan fingerprint density at radius 3 is 2.74 bits per heavy atom. The number of piperidine rings is 1. The van der Waals surface area contributed by atoms with E-state index in [-0.39, 0.29) is 6.04 Å². The first-order valence-electron chi connectivity index (χ1n) is 7.04. The number of hydrogen-bond acceptors (Lipinski definition) is 5. The monoisotopic (exact) mass is 263 g/mol. The van der Waals surface area contributed by atoms with E-state index in [9.17, 15) is 0 Å². The highest BCUT2D eigenvalue weighted by molar-refractivity contribution is 5.30. The van der Waals surface area contributed by atoms with Crippen LogP contribution in [0.5, 0.6) is 0 Å². The van der Waals surface area contributed by atoms with Gasteiger partial charge in [-0.3, -0.25) is 0 Å². The molecule has 1 fully saturated rings. The minimum absolute atomic E-state index is 0.152. The number of aromatic nitrogens is 2. The number of nitrogens with zero attached hydrogens (tertiary/aromatic N) is 4. The van der Waals surface area contributed by atoms with Crippen molar-refractivity contribution in [2.75, 3.05) is 32.1 Å². The van der Waals surface area contributed by atoms with Crippen LogP contribution in [0, 0.1) is 0 Å². The average molecular weight is 263 g/mol. The molecular formula is C14H25N5. The second-order valence-electron chi connectivity index (χ2n) is 5.74. The van der Waals surface area contributed by atoms with Crippen molar-refractivity contribution in [3.63, 3.8) is 0 Å². The molecule has 0 radical (unpaired) electrons. The maximum Gasteiger partial charge on any atom is 0.225 e. The lowest BCUT2D eigenvalue weighted by molar-refractivity contribution is 0.247. The lowest BCUT2D eigenvalue weighted by Crippen LogP contribution is -2.45. The van der Waals surface area contributed by atoms with Crippen LogP contribution < -0.4 is 10.6 Å². The van der Waals surface area contributed by atoms with Gasteiger partial charge in [-0.05, 0) is 45.3 Å². The van der Waals surface area contributed by atoms with Gasteiger partial charge in [0.15, 0.2) is 0 Å². The topological polar surface area (TPSA) is 58.3 Å². The quantitative estimate of drug-likeness (QED) is 0.874. The van der Waals surface area contributed by atoms with Crippen LogP contribution in [0.1, 0.15) is 25.3 Å². The Morgan fingerprint density at radius 2 is 2.16 bits per heavy atom. The van der Waals surface area contributed by atoms with Crippen molar-refractivity contribution >= 4 is 5.95 Å². The highest BCUT2D eigenvalue weighted by atomic mass is 15.3. The summed E-state index contributed by atoms with van der Waals surface area (Å²) in [5.74, 6) is 0.814. The molecule has 0 spiro atoms. The summed E-state index contributed by atoms with van der Waals surface area (Å²) in [7, 11) is 4.26. The van der Waals surface area contributed by atoms with Crippen LogP contribution in [0.15, 0.2) is 12.4 Å². The van der Waals surface area contributed by atoms with E-state index in [0.717, 1.165) is 24.5 Å². The van der Waals surface area contributed by atoms with E-state index in [2.05, 4.69) is 33.9 Å². The molecule has 5 nitrogen and oxygen atoms in total. The Hall–Kier alpha value is -1.20. The van der Waals surface area contributed by atoms with Crippen LogP contribution >= 0.6 is 0 Å². The van der Waals surface area contributed by atoms with E-state index in [4.69, 9.17) is 5.73 Å². The first-order valence-corrected chi connectivity index (χ1v) is 7.04. The molecule has 1 aliphatic rings. The fourth-order valence-electron chi connectivity index (χ4n) is 2.63. The van der Waals surface area contributed by atoms with Gasteiger partial charge in [0.25, 0.3) is 0 Å². The Kier molecular flexibility index (Phi) is 4.71. The van der Waals surface area contributed by atoms with Crippen molar-refractivity contribution in [3.05, 3.63) is 18.0 Å². The largest absolute Gasteiger partial charge is 0.340 e. The number of likely N-dealkylation sites (N-methyl/N-ethyl adjacent to an activating group) is 2. The van der Waals surface area contributed by atoms with Gasteiger partial charge in [-0.2, -0.15) is 0 Å². The molecule has 2 heterocycles. The van der Waals surface area contributed by atoms with Crippen LogP contribution in [-0.4, -0.2) is 54.1 Å². The van der Waals surface area contributed by atoms with Crippen molar-refractivity contribution < 1.29 is 0 Å². The zero-order valence-electron chi connectivity index (χ0n) is 12.2. The van der Waals surface area contributed by atoms with E-state index in [1.165, 1.54) is 19.4 Å². The fourth-order valence-corrected chi connectivity index (χ4v) is 2.63. The summed E-state index contributed by atoms with van der Waals surface area (Å²) < 4.78 is 0. The summed E-state index contributed by atoms with van der Waals surface area (Å²) in [6.45, 7) is 4.28. The first-order chi connectivity index (χ1) is 9.06. The van der Waals surface area contributed by atoms with Crippen molar-refractivity contribution in [1.82, 2.24) is 14.9 Å². The van der Waals surface area contributed by atoms with Gasteiger partial charge < -0.3 is 15.5 Å². The standard InChI is InChI=1S/C14H25N5/c1-11(15)7-12-8-16-14(17-9-12)19(3)13-5-4-6-18(2)10-13/h8-9,11,13H,4-7,10,15H2,1-3H3. The molecule has 19 heavy (non-hydrogen) atoms. The van der Waals surface area contributed by atoms with Gasteiger partial charge in [0.1, 0.15) is 0 Å². The van der Waals surface area contributed by atoms with Crippen molar-refractivity contribution in [2.45, 2.75) is 38.3 Å². The molecule has 0 amide bonds. The molecule has 2 N–H and O–H groups in total. The molecule has 2 unspecified atom stereocenters. The summed E-state index contributed by atoms with van der Waals surface area (Å²) in [5, 5.41) is 0. The van der Waals surface area contributed by atoms with Crippen molar-refractivity contribution in [1.29, 1.82) is 0 Å². The smallest absolute Gasteiger partial charge is 0.225 e. The third kappa shape index (κ3) is 3.88. The second kappa shape index (κ2) is 6.30. The predicted molar refractivity (Wildman–Crippen MR) is 78.3 cm³/mol. The Balaban J connectivity index is 2.00. The minimum Gasteiger partial charge on any atom is -0.340 e. The van der Waals surface area contributed by atoms with Crippen LogP contribution in [0.3, 0.4) is 0 Å². The molecule has 5 heteroatoms. The zero-order valence-corrected chi connectivity index (χ0v) is 12.2. The molecular weight excluding hydrogens is 238 g/mol. The summed E-state index contributed by atoms with van der Waals surface area (Å²) in [5.41, 5.74) is 6.89. The van der Waals surface area contributed by atoms with Crippen LogP contribution in [0.2, 0.25) is 0 Å². The second-order valence-corrected chi connectivity index (χ2v) is 5.74. The third-order valence-corrected chi connectivity index (χ3v) is 3.71. The molecule has 106 valence electrons. The van der Waals surface area contributed by atoms with E-state index in [0.29, 0.717) is 6.04 Å². The van der Waals surface area contributed by atoms with Gasteiger partial charge in [-0.1, -0.05) is 0 Å². The third-order valence-electron chi connectivity index (χ3n) is 3.71. The van der Waals surface area contributed by atoms with Gasteiger partial charge in [0, 0.05) is 38.1 Å². The molecule has 1 aromatic heterocycles. The van der Waals surface area contributed by atoms with Gasteiger partial charge in [-0.15, -0.1) is 0 Å². The molecule has 0 aromatic carbocycles. The maximum atomic E-state index is 5.78. The van der Waals surface area contributed by atoms with Gasteiger partial charge in [0.2, 0.25) is 5.95 Å². The van der Waals surface area contributed by atoms with Crippen LogP contribution in [0.4, 0.5) is 5.95 Å². The number of likely N-dealkylation sites (tertiary alicyclic amines) is 1. The Morgan fingerprint density at radius 1 is 1.47 bits per heavy atom. The van der Waals surface area contributed by atoms with E-state index in [1.54, 1.807) is 0 Å². The normalized spacial score (nSPS) is 22.2. The van der Waals surface area contributed by atoms with Crippen LogP contribution in [0.25, 0.3) is 0 Å². The fraction of sp³-hybridized carbons (Fsp3) is 0.714. The summed E-state index contributed by atoms with van der Waals surface area (Å²) in [6.07, 6.45) is 7.08. The molecule has 1 saturated heterocycles. The number of anilines is 1. The molecule has 0 saturated carbocycles. The SMILES string of the molecule is CC(N)Cc1cnc(N(C)C2CCCN(C)C2)nc1. The van der Waals surface area contributed by atoms with Gasteiger partial charge in [-0.25, -0.2) is 9.97 Å². The lowest BCUT2D eigenvalue weighted by atomic mass is 10.1. The molecule has 0 bridgehead atoms.